The Morgan fingerprint density at radius 3 is 2.78 bits per heavy atom. The SMILES string of the molecule is CCCOc1ccc(F)cc1-c1cc(C(=O)Nc2ccc(F)c(Cl)c2)[nH]n1. The molecule has 2 aromatic carbocycles. The van der Waals surface area contributed by atoms with Crippen molar-refractivity contribution in [3.05, 3.63) is 64.8 Å². The highest BCUT2D eigenvalue weighted by atomic mass is 35.5. The van der Waals surface area contributed by atoms with Crippen molar-refractivity contribution in [2.75, 3.05) is 11.9 Å². The molecular weight excluding hydrogens is 376 g/mol. The van der Waals surface area contributed by atoms with Gasteiger partial charge in [0.2, 0.25) is 0 Å². The zero-order valence-electron chi connectivity index (χ0n) is 14.4. The molecule has 27 heavy (non-hydrogen) atoms. The molecule has 0 radical (unpaired) electrons. The first kappa shape index (κ1) is 18.8. The fraction of sp³-hybridized carbons (Fsp3) is 0.158. The molecule has 0 fully saturated rings. The summed E-state index contributed by atoms with van der Waals surface area (Å²) in [6, 6.07) is 9.44. The average molecular weight is 392 g/mol. The Hall–Kier alpha value is -2.93. The first-order valence-electron chi connectivity index (χ1n) is 8.22. The number of nitrogens with zero attached hydrogens (tertiary/aromatic N) is 1. The highest BCUT2D eigenvalue weighted by molar-refractivity contribution is 6.31. The number of hydrogen-bond donors (Lipinski definition) is 2. The maximum Gasteiger partial charge on any atom is 0.273 e. The maximum atomic E-state index is 13.7. The predicted octanol–water partition coefficient (Wildman–Crippen LogP) is 5.05. The minimum atomic E-state index is -0.579. The van der Waals surface area contributed by atoms with Gasteiger partial charge in [0, 0.05) is 11.3 Å². The standard InChI is InChI=1S/C19H16ClF2N3O2/c1-2-7-27-18-6-3-11(21)8-13(18)16-10-17(25-24-16)19(26)23-12-4-5-15(22)14(20)9-12/h3-6,8-10H,2,7H2,1H3,(H,23,26)(H,24,25). The van der Waals surface area contributed by atoms with Gasteiger partial charge in [0.1, 0.15) is 23.1 Å². The molecule has 0 aliphatic rings. The Morgan fingerprint density at radius 1 is 1.22 bits per heavy atom. The van der Waals surface area contributed by atoms with Gasteiger partial charge in [0.05, 0.1) is 17.3 Å². The molecule has 0 spiro atoms. The first-order valence-corrected chi connectivity index (χ1v) is 8.60. The number of carbonyl (C=O) groups excluding carboxylic acids is 1. The molecule has 1 heterocycles. The second-order valence-corrected chi connectivity index (χ2v) is 6.15. The number of H-pyrrole nitrogens is 1. The lowest BCUT2D eigenvalue weighted by Crippen LogP contribution is -2.12. The van der Waals surface area contributed by atoms with Gasteiger partial charge in [-0.2, -0.15) is 5.10 Å². The molecule has 0 saturated carbocycles. The third-order valence-corrected chi connectivity index (χ3v) is 3.97. The molecule has 0 aliphatic heterocycles. The van der Waals surface area contributed by atoms with Crippen molar-refractivity contribution in [3.63, 3.8) is 0 Å². The van der Waals surface area contributed by atoms with E-state index in [0.29, 0.717) is 29.3 Å². The van der Waals surface area contributed by atoms with Crippen molar-refractivity contribution >= 4 is 23.2 Å². The third kappa shape index (κ3) is 4.43. The number of rotatable bonds is 6. The molecule has 140 valence electrons. The van der Waals surface area contributed by atoms with Crippen molar-refractivity contribution < 1.29 is 18.3 Å². The maximum absolute atomic E-state index is 13.7. The van der Waals surface area contributed by atoms with Gasteiger partial charge in [-0.25, -0.2) is 8.78 Å². The number of benzene rings is 2. The second kappa shape index (κ2) is 8.18. The Balaban J connectivity index is 1.83. The number of hydrogen-bond acceptors (Lipinski definition) is 3. The van der Waals surface area contributed by atoms with E-state index in [1.165, 1.54) is 36.4 Å². The summed E-state index contributed by atoms with van der Waals surface area (Å²) in [6.07, 6.45) is 0.797. The molecule has 0 saturated heterocycles. The van der Waals surface area contributed by atoms with Crippen LogP contribution in [0.1, 0.15) is 23.8 Å². The highest BCUT2D eigenvalue weighted by Gasteiger charge is 2.15. The molecule has 0 aliphatic carbocycles. The molecule has 3 aromatic rings. The van der Waals surface area contributed by atoms with E-state index >= 15 is 0 Å². The van der Waals surface area contributed by atoms with Crippen LogP contribution in [-0.4, -0.2) is 22.7 Å². The van der Waals surface area contributed by atoms with Crippen LogP contribution in [0, 0.1) is 11.6 Å². The molecule has 8 heteroatoms. The molecule has 2 N–H and O–H groups in total. The van der Waals surface area contributed by atoms with Crippen LogP contribution in [0.2, 0.25) is 5.02 Å². The van der Waals surface area contributed by atoms with Crippen LogP contribution in [0.15, 0.2) is 42.5 Å². The van der Waals surface area contributed by atoms with E-state index in [4.69, 9.17) is 16.3 Å². The monoisotopic (exact) mass is 391 g/mol. The molecule has 0 atom stereocenters. The quantitative estimate of drug-likeness (QED) is 0.618. The number of anilines is 1. The van der Waals surface area contributed by atoms with Crippen molar-refractivity contribution in [3.8, 4) is 17.0 Å². The molecule has 1 aromatic heterocycles. The minimum Gasteiger partial charge on any atom is -0.493 e. The summed E-state index contributed by atoms with van der Waals surface area (Å²) in [5.41, 5.74) is 1.28. The largest absolute Gasteiger partial charge is 0.493 e. The van der Waals surface area contributed by atoms with Gasteiger partial charge in [-0.15, -0.1) is 0 Å². The molecule has 0 bridgehead atoms. The topological polar surface area (TPSA) is 67.0 Å². The number of nitrogens with one attached hydrogen (secondary N) is 2. The van der Waals surface area contributed by atoms with Gasteiger partial charge in [-0.3, -0.25) is 9.89 Å². The van der Waals surface area contributed by atoms with Gasteiger partial charge in [-0.05, 0) is 48.9 Å². The average Bonchev–Trinajstić information content (AvgIpc) is 3.14. The van der Waals surface area contributed by atoms with Gasteiger partial charge in [0.25, 0.3) is 5.91 Å². The number of aromatic nitrogens is 2. The normalized spacial score (nSPS) is 10.7. The molecule has 0 unspecified atom stereocenters. The summed E-state index contributed by atoms with van der Waals surface area (Å²) < 4.78 is 32.5. The smallest absolute Gasteiger partial charge is 0.273 e. The van der Waals surface area contributed by atoms with Crippen molar-refractivity contribution in [1.29, 1.82) is 0 Å². The van der Waals surface area contributed by atoms with Gasteiger partial charge in [0.15, 0.2) is 0 Å². The van der Waals surface area contributed by atoms with E-state index in [1.54, 1.807) is 0 Å². The summed E-state index contributed by atoms with van der Waals surface area (Å²) in [4.78, 5) is 12.4. The van der Waals surface area contributed by atoms with Crippen LogP contribution < -0.4 is 10.1 Å². The number of amides is 1. The van der Waals surface area contributed by atoms with Crippen LogP contribution >= 0.6 is 11.6 Å². The van der Waals surface area contributed by atoms with Crippen molar-refractivity contribution in [1.82, 2.24) is 10.2 Å². The van der Waals surface area contributed by atoms with Crippen LogP contribution in [-0.2, 0) is 0 Å². The van der Waals surface area contributed by atoms with Crippen molar-refractivity contribution in [2.45, 2.75) is 13.3 Å². The van der Waals surface area contributed by atoms with E-state index in [9.17, 15) is 13.6 Å². The second-order valence-electron chi connectivity index (χ2n) is 5.74. The van der Waals surface area contributed by atoms with Crippen molar-refractivity contribution in [2.24, 2.45) is 0 Å². The number of carbonyl (C=O) groups is 1. The van der Waals surface area contributed by atoms with Crippen LogP contribution in [0.25, 0.3) is 11.3 Å². The number of ether oxygens (including phenoxy) is 1. The highest BCUT2D eigenvalue weighted by Crippen LogP contribution is 2.30. The van der Waals surface area contributed by atoms with Gasteiger partial charge < -0.3 is 10.1 Å². The first-order chi connectivity index (χ1) is 13.0. The molecule has 3 rings (SSSR count). The Kier molecular flexibility index (Phi) is 5.71. The molecule has 5 nitrogen and oxygen atoms in total. The fourth-order valence-electron chi connectivity index (χ4n) is 2.39. The van der Waals surface area contributed by atoms with E-state index in [-0.39, 0.29) is 10.7 Å². The third-order valence-electron chi connectivity index (χ3n) is 3.68. The Bertz CT molecular complexity index is 975. The van der Waals surface area contributed by atoms with Gasteiger partial charge >= 0.3 is 0 Å². The summed E-state index contributed by atoms with van der Waals surface area (Å²) in [5, 5.41) is 9.16. The van der Waals surface area contributed by atoms with Gasteiger partial charge in [-0.1, -0.05) is 18.5 Å². The number of aromatic amines is 1. The van der Waals surface area contributed by atoms with Crippen LogP contribution in [0.3, 0.4) is 0 Å². The summed E-state index contributed by atoms with van der Waals surface area (Å²) in [6.45, 7) is 2.43. The Labute approximate surface area is 159 Å². The zero-order chi connectivity index (χ0) is 19.4. The van der Waals surface area contributed by atoms with E-state index in [1.807, 2.05) is 6.92 Å². The molecule has 1 amide bonds. The summed E-state index contributed by atoms with van der Waals surface area (Å²) in [7, 11) is 0. The Morgan fingerprint density at radius 2 is 2.04 bits per heavy atom. The predicted molar refractivity (Wildman–Crippen MR) is 99.1 cm³/mol. The molecular formula is C19H16ClF2N3O2. The fourth-order valence-corrected chi connectivity index (χ4v) is 2.57. The van der Waals surface area contributed by atoms with E-state index < -0.39 is 17.5 Å². The van der Waals surface area contributed by atoms with E-state index in [0.717, 1.165) is 12.5 Å². The lowest BCUT2D eigenvalue weighted by Gasteiger charge is -2.09. The minimum absolute atomic E-state index is 0.101. The number of halogens is 3. The lowest BCUT2D eigenvalue weighted by atomic mass is 10.1. The van der Waals surface area contributed by atoms with E-state index in [2.05, 4.69) is 15.5 Å². The summed E-state index contributed by atoms with van der Waals surface area (Å²) in [5.74, 6) is -1.04. The van der Waals surface area contributed by atoms with Crippen LogP contribution in [0.5, 0.6) is 5.75 Å². The zero-order valence-corrected chi connectivity index (χ0v) is 15.1. The lowest BCUT2D eigenvalue weighted by molar-refractivity contribution is 0.102. The summed E-state index contributed by atoms with van der Waals surface area (Å²) >= 11 is 5.71. The van der Waals surface area contributed by atoms with Crippen LogP contribution in [0.4, 0.5) is 14.5 Å².